The van der Waals surface area contributed by atoms with Gasteiger partial charge in [-0.3, -0.25) is 4.68 Å². The van der Waals surface area contributed by atoms with Crippen LogP contribution in [0.1, 0.15) is 35.0 Å². The highest BCUT2D eigenvalue weighted by Gasteiger charge is 2.31. The SMILES string of the molecule is COc1cccc(C[NH+](C)Cc2c(C)nn([C@H]3CCS(=O)(=O)C3)c2C)c1. The Labute approximate surface area is 155 Å². The summed E-state index contributed by atoms with van der Waals surface area (Å²) in [6, 6.07) is 8.11. The summed E-state index contributed by atoms with van der Waals surface area (Å²) in [5.74, 6) is 1.35. The lowest BCUT2D eigenvalue weighted by atomic mass is 10.1. The van der Waals surface area contributed by atoms with Gasteiger partial charge in [0.05, 0.1) is 43.0 Å². The first-order valence-electron chi connectivity index (χ1n) is 8.98. The van der Waals surface area contributed by atoms with Crippen LogP contribution in [0.15, 0.2) is 24.3 Å². The predicted molar refractivity (Wildman–Crippen MR) is 101 cm³/mol. The number of quaternary nitrogens is 1. The number of rotatable bonds is 6. The summed E-state index contributed by atoms with van der Waals surface area (Å²) in [6.45, 7) is 5.81. The van der Waals surface area contributed by atoms with Crippen molar-refractivity contribution < 1.29 is 18.1 Å². The molecule has 1 aromatic heterocycles. The highest BCUT2D eigenvalue weighted by molar-refractivity contribution is 7.91. The topological polar surface area (TPSA) is 65.6 Å². The van der Waals surface area contributed by atoms with Crippen LogP contribution in [0.4, 0.5) is 0 Å². The van der Waals surface area contributed by atoms with Crippen molar-refractivity contribution in [3.63, 3.8) is 0 Å². The molecule has 1 saturated heterocycles. The van der Waals surface area contributed by atoms with Gasteiger partial charge in [0.2, 0.25) is 0 Å². The van der Waals surface area contributed by atoms with Gasteiger partial charge in [0.15, 0.2) is 9.84 Å². The monoisotopic (exact) mass is 378 g/mol. The quantitative estimate of drug-likeness (QED) is 0.817. The fraction of sp³-hybridized carbons (Fsp3) is 0.526. The van der Waals surface area contributed by atoms with Gasteiger partial charge in [-0.15, -0.1) is 0 Å². The normalized spacial score (nSPS) is 20.2. The van der Waals surface area contributed by atoms with Crippen LogP contribution < -0.4 is 9.64 Å². The van der Waals surface area contributed by atoms with Crippen molar-refractivity contribution >= 4 is 9.84 Å². The maximum absolute atomic E-state index is 11.8. The average Bonchev–Trinajstić information content (AvgIpc) is 3.08. The summed E-state index contributed by atoms with van der Waals surface area (Å²) in [7, 11) is 0.931. The molecule has 6 nitrogen and oxygen atoms in total. The number of benzene rings is 1. The van der Waals surface area contributed by atoms with E-state index in [4.69, 9.17) is 4.74 Å². The maximum atomic E-state index is 11.8. The van der Waals surface area contributed by atoms with Crippen molar-refractivity contribution in [2.45, 2.75) is 39.4 Å². The van der Waals surface area contributed by atoms with Gasteiger partial charge >= 0.3 is 0 Å². The van der Waals surface area contributed by atoms with Crippen LogP contribution in [0.3, 0.4) is 0 Å². The second-order valence-electron chi connectivity index (χ2n) is 7.31. The number of hydrogen-bond donors (Lipinski definition) is 1. The summed E-state index contributed by atoms with van der Waals surface area (Å²) in [5.41, 5.74) is 4.53. The van der Waals surface area contributed by atoms with E-state index in [-0.39, 0.29) is 17.5 Å². The first kappa shape index (κ1) is 18.9. The van der Waals surface area contributed by atoms with Crippen LogP contribution >= 0.6 is 0 Å². The molecule has 0 spiro atoms. The Morgan fingerprint density at radius 1 is 1.31 bits per heavy atom. The zero-order valence-corrected chi connectivity index (χ0v) is 16.8. The number of sulfone groups is 1. The Morgan fingerprint density at radius 2 is 2.08 bits per heavy atom. The van der Waals surface area contributed by atoms with E-state index in [1.54, 1.807) is 7.11 Å². The minimum absolute atomic E-state index is 0.0221. The van der Waals surface area contributed by atoms with Gasteiger partial charge in [-0.05, 0) is 32.4 Å². The van der Waals surface area contributed by atoms with Crippen LogP contribution in [0.2, 0.25) is 0 Å². The van der Waals surface area contributed by atoms with Crippen LogP contribution in [0.25, 0.3) is 0 Å². The molecule has 0 saturated carbocycles. The van der Waals surface area contributed by atoms with E-state index in [9.17, 15) is 8.42 Å². The molecule has 0 aliphatic carbocycles. The van der Waals surface area contributed by atoms with Crippen LogP contribution in [0, 0.1) is 13.8 Å². The first-order chi connectivity index (χ1) is 12.3. The molecule has 2 heterocycles. The molecular formula is C19H28N3O3S+. The Bertz CT molecular complexity index is 889. The molecule has 1 unspecified atom stereocenters. The molecule has 0 amide bonds. The third-order valence-electron chi connectivity index (χ3n) is 5.15. The summed E-state index contributed by atoms with van der Waals surface area (Å²) < 4.78 is 30.8. The second kappa shape index (κ2) is 7.40. The number of ether oxygens (including phenoxy) is 1. The molecule has 1 N–H and O–H groups in total. The molecule has 1 aromatic carbocycles. The van der Waals surface area contributed by atoms with Gasteiger partial charge in [-0.2, -0.15) is 5.10 Å². The van der Waals surface area contributed by atoms with E-state index in [2.05, 4.69) is 31.2 Å². The van der Waals surface area contributed by atoms with Crippen molar-refractivity contribution in [1.29, 1.82) is 0 Å². The van der Waals surface area contributed by atoms with Crippen molar-refractivity contribution in [2.75, 3.05) is 25.7 Å². The highest BCUT2D eigenvalue weighted by Crippen LogP contribution is 2.26. The zero-order valence-electron chi connectivity index (χ0n) is 15.9. The summed E-state index contributed by atoms with van der Waals surface area (Å²) in [5, 5.41) is 4.66. The predicted octanol–water partition coefficient (Wildman–Crippen LogP) is 1.08. The molecule has 0 bridgehead atoms. The first-order valence-corrected chi connectivity index (χ1v) is 10.8. The van der Waals surface area contributed by atoms with E-state index in [1.165, 1.54) is 16.0 Å². The molecule has 142 valence electrons. The zero-order chi connectivity index (χ0) is 18.9. The number of aromatic nitrogens is 2. The lowest BCUT2D eigenvalue weighted by Crippen LogP contribution is -3.06. The minimum Gasteiger partial charge on any atom is -0.497 e. The van der Waals surface area contributed by atoms with E-state index in [0.717, 1.165) is 30.2 Å². The van der Waals surface area contributed by atoms with Crippen molar-refractivity contribution in [3.05, 3.63) is 46.8 Å². The van der Waals surface area contributed by atoms with Crippen LogP contribution in [-0.4, -0.2) is 43.9 Å². The Morgan fingerprint density at radius 3 is 2.73 bits per heavy atom. The van der Waals surface area contributed by atoms with Gasteiger partial charge in [0, 0.05) is 11.3 Å². The Hall–Kier alpha value is -1.86. The molecular weight excluding hydrogens is 350 g/mol. The second-order valence-corrected chi connectivity index (χ2v) is 9.54. The van der Waals surface area contributed by atoms with E-state index >= 15 is 0 Å². The van der Waals surface area contributed by atoms with Gasteiger partial charge in [0.25, 0.3) is 0 Å². The third kappa shape index (κ3) is 4.10. The smallest absolute Gasteiger partial charge is 0.152 e. The van der Waals surface area contributed by atoms with Gasteiger partial charge in [0.1, 0.15) is 18.8 Å². The molecule has 3 rings (SSSR count). The maximum Gasteiger partial charge on any atom is 0.152 e. The Balaban J connectivity index is 1.73. The largest absolute Gasteiger partial charge is 0.497 e. The van der Waals surface area contributed by atoms with Gasteiger partial charge < -0.3 is 9.64 Å². The lowest BCUT2D eigenvalue weighted by molar-refractivity contribution is -0.907. The lowest BCUT2D eigenvalue weighted by Gasteiger charge is -2.16. The fourth-order valence-electron chi connectivity index (χ4n) is 3.77. The minimum atomic E-state index is -2.91. The van der Waals surface area contributed by atoms with E-state index < -0.39 is 9.84 Å². The molecule has 2 atom stereocenters. The molecule has 2 aromatic rings. The molecule has 26 heavy (non-hydrogen) atoms. The van der Waals surface area contributed by atoms with Crippen molar-refractivity contribution in [3.8, 4) is 5.75 Å². The van der Waals surface area contributed by atoms with Crippen molar-refractivity contribution in [1.82, 2.24) is 9.78 Å². The molecule has 1 fully saturated rings. The summed E-state index contributed by atoms with van der Waals surface area (Å²) in [6.07, 6.45) is 0.663. The Kier molecular flexibility index (Phi) is 5.39. The standard InChI is InChI=1S/C19H27N3O3S/c1-14-19(12-21(3)11-16-6-5-7-18(10-16)25-4)15(2)22(20-14)17-8-9-26(23,24)13-17/h5-7,10,17H,8-9,11-13H2,1-4H3/p+1/t17-/m0/s1. The average molecular weight is 379 g/mol. The summed E-state index contributed by atoms with van der Waals surface area (Å²) in [4.78, 5) is 1.35. The molecule has 7 heteroatoms. The van der Waals surface area contributed by atoms with Gasteiger partial charge in [-0.1, -0.05) is 12.1 Å². The van der Waals surface area contributed by atoms with Crippen LogP contribution in [0.5, 0.6) is 5.75 Å². The molecule has 1 aliphatic rings. The number of nitrogens with one attached hydrogen (secondary N) is 1. The number of aryl methyl sites for hydroxylation is 1. The highest BCUT2D eigenvalue weighted by atomic mass is 32.2. The number of hydrogen-bond acceptors (Lipinski definition) is 4. The van der Waals surface area contributed by atoms with Crippen molar-refractivity contribution in [2.24, 2.45) is 0 Å². The number of nitrogens with zero attached hydrogens (tertiary/aromatic N) is 2. The van der Waals surface area contributed by atoms with E-state index in [0.29, 0.717) is 6.42 Å². The fourth-order valence-corrected chi connectivity index (χ4v) is 5.46. The molecule has 1 aliphatic heterocycles. The van der Waals surface area contributed by atoms with E-state index in [1.807, 2.05) is 23.7 Å². The van der Waals surface area contributed by atoms with Crippen LogP contribution in [-0.2, 0) is 22.9 Å². The number of methoxy groups -OCH3 is 1. The third-order valence-corrected chi connectivity index (χ3v) is 6.90. The molecule has 0 radical (unpaired) electrons. The summed E-state index contributed by atoms with van der Waals surface area (Å²) >= 11 is 0. The van der Waals surface area contributed by atoms with Gasteiger partial charge in [-0.25, -0.2) is 8.42 Å².